The molecule has 3 aliphatic heterocycles. The number of benzene rings is 4. The minimum atomic E-state index is -1.07. The van der Waals surface area contributed by atoms with Gasteiger partial charge in [-0.15, -0.1) is 27.8 Å². The van der Waals surface area contributed by atoms with E-state index in [-0.39, 0.29) is 112 Å². The van der Waals surface area contributed by atoms with Gasteiger partial charge in [-0.05, 0) is 198 Å². The van der Waals surface area contributed by atoms with Gasteiger partial charge in [0.2, 0.25) is 0 Å². The van der Waals surface area contributed by atoms with Crippen LogP contribution in [0.5, 0.6) is 5.75 Å². The van der Waals surface area contributed by atoms with Crippen molar-refractivity contribution < 1.29 is 129 Å². The summed E-state index contributed by atoms with van der Waals surface area (Å²) in [4.78, 5) is 128. The first-order valence-electron chi connectivity index (χ1n) is 37.2. The molecule has 26 nitrogen and oxygen atoms in total. The van der Waals surface area contributed by atoms with Gasteiger partial charge in [0, 0.05) is 47.8 Å². The average molecular weight is 1790 g/mol. The van der Waals surface area contributed by atoms with E-state index in [0.717, 1.165) is 35.6 Å². The first-order chi connectivity index (χ1) is 57.4. The Morgan fingerprint density at radius 1 is 0.387 bits per heavy atom. The number of carboxylic acids is 6. The number of allylic oxidation sites excluding steroid dienone is 3. The van der Waals surface area contributed by atoms with Gasteiger partial charge >= 0.3 is 69.7 Å². The Morgan fingerprint density at radius 3 is 1.16 bits per heavy atom. The number of hydrogen-bond acceptors (Lipinski definition) is 17. The average Bonchev–Trinajstić information content (AvgIpc) is 1.61. The van der Waals surface area contributed by atoms with Crippen molar-refractivity contribution in [3.05, 3.63) is 383 Å². The van der Waals surface area contributed by atoms with E-state index in [4.69, 9.17) is 35.2 Å². The topological polar surface area (TPSA) is 408 Å². The van der Waals surface area contributed by atoms with E-state index in [0.29, 0.717) is 114 Å². The van der Waals surface area contributed by atoms with E-state index in [1.807, 2.05) is 103 Å². The number of hydrogen-bond donors (Lipinski definition) is 6. The summed E-state index contributed by atoms with van der Waals surface area (Å²) >= 11 is 0. The van der Waals surface area contributed by atoms with E-state index in [2.05, 4.69) is 34.6 Å². The van der Waals surface area contributed by atoms with Crippen LogP contribution in [0.25, 0.3) is 61.8 Å². The molecule has 1 unspecified atom stereocenters. The van der Waals surface area contributed by atoms with E-state index < -0.39 is 41.9 Å². The molecule has 8 bridgehead atoms. The molecule has 1 atom stereocenters. The van der Waals surface area contributed by atoms with Gasteiger partial charge in [0.15, 0.2) is 0 Å². The molecule has 29 heteroatoms. The molecule has 2 aliphatic carbocycles. The smallest absolute Gasteiger partial charge is 0.674 e. The third-order valence-corrected chi connectivity index (χ3v) is 19.0. The van der Waals surface area contributed by atoms with Crippen LogP contribution in [0.3, 0.4) is 0 Å². The zero-order valence-electron chi connectivity index (χ0n) is 65.9. The molecule has 5 aliphatic rings. The molecule has 4 aromatic carbocycles. The number of fused-ring (bicyclic) bond motifs is 7. The Kier molecular flexibility index (Phi) is 38.4. The molecule has 12 aromatic rings. The Hall–Kier alpha value is -14.2. The Morgan fingerprint density at radius 2 is 0.774 bits per heavy atom. The molecule has 11 heterocycles. The van der Waals surface area contributed by atoms with Crippen molar-refractivity contribution in [3.8, 4) is 39.9 Å². The number of aromatic nitrogens is 8. The number of aromatic carboxylic acids is 6. The molecule has 2 fully saturated rings. The summed E-state index contributed by atoms with van der Waals surface area (Å²) in [5.41, 5.74) is 12.9. The van der Waals surface area contributed by atoms with Crippen molar-refractivity contribution in [2.75, 3.05) is 0 Å². The van der Waals surface area contributed by atoms with E-state index in [1.165, 1.54) is 124 Å². The van der Waals surface area contributed by atoms with Crippen LogP contribution < -0.4 is 25.4 Å². The van der Waals surface area contributed by atoms with E-state index in [1.54, 1.807) is 91.4 Å². The fraction of sp³-hybridized carbons (Fsp3) is 0.126. The van der Waals surface area contributed by atoms with Crippen LogP contribution in [-0.2, 0) is 65.0 Å². The third kappa shape index (κ3) is 25.9. The van der Waals surface area contributed by atoms with E-state index in [9.17, 15) is 58.8 Å². The van der Waals surface area contributed by atoms with Gasteiger partial charge < -0.3 is 70.3 Å². The van der Waals surface area contributed by atoms with Crippen LogP contribution in [-0.4, -0.2) is 127 Å². The number of ether oxygens (including phenoxy) is 2. The molecule has 0 spiro atoms. The van der Waals surface area contributed by atoms with Gasteiger partial charge in [0.25, 0.3) is 12.9 Å². The first-order valence-corrected chi connectivity index (χ1v) is 37.2. The third-order valence-electron chi connectivity index (χ3n) is 19.0. The molecule has 1 radical (unpaired) electrons. The summed E-state index contributed by atoms with van der Waals surface area (Å²) in [5, 5.41) is 62.4. The maximum atomic E-state index is 11.8. The molecule has 0 saturated heterocycles. The van der Waals surface area contributed by atoms with Gasteiger partial charge in [0.05, 0.1) is 85.1 Å². The molecule has 17 rings (SSSR count). The fourth-order valence-electron chi connectivity index (χ4n) is 13.1. The van der Waals surface area contributed by atoms with Crippen molar-refractivity contribution in [2.45, 2.75) is 77.4 Å². The summed E-state index contributed by atoms with van der Waals surface area (Å²) < 4.78 is 9.36. The summed E-state index contributed by atoms with van der Waals surface area (Å²) in [6.45, 7) is 0.924. The number of rotatable bonds is 17. The van der Waals surface area contributed by atoms with Crippen LogP contribution in [0.4, 0.5) is 0 Å². The monoisotopic (exact) mass is 1790 g/mol. The maximum absolute atomic E-state index is 11.8. The largest absolute Gasteiger partial charge is 3.00 e. The molecule has 635 valence electrons. The standard InChI is InChI=1S/C48H32N4O8.3C11H8N2O2.C6H10O2.C5H10.CH4.2CH3.2Co.Fe/c53-45(54)29-9-1-25(2-10-29)41-33-17-19-35(49-33)42(26-3-11-30(12-4-26)46(55)56)37-21-23-39(51-37)44(28-7-15-32(16-8-28)48(59)60)40-24-22-38(52-40)43(36-20-18-34(41)50-36)27-5-13-31(14-6-27)47(57)58;14-8-15-9-4-5-11(13-7-9)10-3-1-2-6-12-10;2*14-11(15)8-4-5-10(13-7-8)9-3-1-2-6-12-9;7-5-8-6-3-1-2-4-6;1-2-4-5-3-1;;;;;;/h1-24,33H,(H7,49,50,51,52,53,54,55,56,57,58,59,60);1-8H;2*1-7H,(H,14,15);5-6H,1-4H2;1-5H2;1H4;2*1H3;;;/q;;;;;;;2*-1;;+3;+2/p-3. The number of carbonyl (C=O) groups excluding carboxylic acids is 2. The molecular weight excluding hydrogens is 1710 g/mol. The van der Waals surface area contributed by atoms with Crippen molar-refractivity contribution in [3.63, 3.8) is 0 Å². The second kappa shape index (κ2) is 48.3. The molecule has 0 amide bonds. The number of aliphatic imine (C=N–C) groups is 1. The van der Waals surface area contributed by atoms with Gasteiger partial charge in [-0.1, -0.05) is 154 Å². The Balaban J connectivity index is 0.000000297. The van der Waals surface area contributed by atoms with Crippen molar-refractivity contribution in [1.29, 1.82) is 0 Å². The van der Waals surface area contributed by atoms with Crippen molar-refractivity contribution >= 4 is 76.8 Å². The Bertz CT molecular complexity index is 5810. The predicted octanol–water partition coefficient (Wildman–Crippen LogP) is 16.3. The second-order valence-electron chi connectivity index (χ2n) is 26.7. The first kappa shape index (κ1) is 98.6. The molecule has 6 N–H and O–H groups in total. The van der Waals surface area contributed by atoms with Crippen LogP contribution in [0.15, 0.2) is 290 Å². The quantitative estimate of drug-likeness (QED) is 0.0280. The fourth-order valence-corrected chi connectivity index (χ4v) is 13.1. The SMILES string of the molecule is C.C1CCCC1.O=C(O)c1ccc(-c2ccccn2)nc1.O=C(O)c1ccc(-c2ccccn2)nc1.O=C(O)c1ccc(C2=C3C=CC(=N3)C(c3ccc(C(=O)O)cc3)=c3ccc([n-]3)=C(c3ccc(C(=O)O)cc3)C3C=CC(=C(c4ccc(C(=O)O)cc4)c4ccc2[n-]4)[N-]3)cc1.O=COC1CCCC1.O=COc1ccc(-c2ccccn2)nc1.[CH3-].[CH3-].[Co+3].[Co].[Fe+2]. The van der Waals surface area contributed by atoms with Crippen LogP contribution in [0.2, 0.25) is 0 Å². The minimum absolute atomic E-state index is 0. The zero-order valence-corrected chi connectivity index (χ0v) is 69.1. The van der Waals surface area contributed by atoms with Crippen molar-refractivity contribution in [2.24, 2.45) is 4.99 Å². The number of carboxylic acid groups (broad SMARTS) is 6. The molecule has 8 aromatic heterocycles. The minimum Gasteiger partial charge on any atom is -0.674 e. The normalized spacial score (nSPS) is 13.4. The van der Waals surface area contributed by atoms with Crippen LogP contribution >= 0.6 is 0 Å². The van der Waals surface area contributed by atoms with Gasteiger partial charge in [-0.3, -0.25) is 39.5 Å². The van der Waals surface area contributed by atoms with Crippen LogP contribution in [0, 0.1) is 14.9 Å². The summed E-state index contributed by atoms with van der Waals surface area (Å²) in [7, 11) is 0. The maximum Gasteiger partial charge on any atom is 3.00 e. The van der Waals surface area contributed by atoms with Gasteiger partial charge in [0.1, 0.15) is 11.9 Å². The summed E-state index contributed by atoms with van der Waals surface area (Å²) in [6.07, 6.45) is 29.0. The summed E-state index contributed by atoms with van der Waals surface area (Å²) in [6, 6.07) is 58.9. The second-order valence-corrected chi connectivity index (χ2v) is 26.7. The Labute approximate surface area is 746 Å². The number of pyridine rings is 6. The van der Waals surface area contributed by atoms with Gasteiger partial charge in [-0.2, -0.15) is 0 Å². The zero-order chi connectivity index (χ0) is 82.9. The number of nitrogens with zero attached hydrogens (tertiary/aromatic N) is 10. The van der Waals surface area contributed by atoms with Crippen LogP contribution in [0.1, 0.15) is 161 Å². The van der Waals surface area contributed by atoms with E-state index >= 15 is 0 Å². The molecule has 2 saturated carbocycles. The van der Waals surface area contributed by atoms with Crippen molar-refractivity contribution in [1.82, 2.24) is 39.9 Å². The summed E-state index contributed by atoms with van der Waals surface area (Å²) in [5.74, 6) is -5.82. The molecular formula is C95H83Co2FeN10O16. The number of carbonyl (C=O) groups is 8. The van der Waals surface area contributed by atoms with Gasteiger partial charge in [-0.25, -0.2) is 33.8 Å². The predicted molar refractivity (Wildman–Crippen MR) is 457 cm³/mol. The molecule has 124 heavy (non-hydrogen) atoms.